The molecule has 0 fully saturated rings. The second kappa shape index (κ2) is 16.9. The Morgan fingerprint density at radius 3 is 1.52 bits per heavy atom. The van der Waals surface area contributed by atoms with Gasteiger partial charge in [0.25, 0.3) is 0 Å². The smallest absolute Gasteiger partial charge is 0.302 e. The van der Waals surface area contributed by atoms with Crippen molar-refractivity contribution in [3.63, 3.8) is 0 Å². The zero-order chi connectivity index (χ0) is 15.6. The van der Waals surface area contributed by atoms with Crippen LogP contribution in [-0.2, 0) is 33.2 Å². The van der Waals surface area contributed by atoms with Crippen molar-refractivity contribution in [2.45, 2.75) is 6.92 Å². The number of carbonyl (C=O) groups is 1. The number of hydrogen-bond donors (Lipinski definition) is 0. The summed E-state index contributed by atoms with van der Waals surface area (Å²) in [7, 11) is 0. The minimum atomic E-state index is -0.302. The molecule has 0 heterocycles. The number of esters is 1. The van der Waals surface area contributed by atoms with Crippen LogP contribution < -0.4 is 0 Å². The highest BCUT2D eigenvalue weighted by molar-refractivity contribution is 5.65. The van der Waals surface area contributed by atoms with Crippen LogP contribution in [0.4, 0.5) is 0 Å². The van der Waals surface area contributed by atoms with Crippen LogP contribution in [0.1, 0.15) is 6.92 Å². The highest BCUT2D eigenvalue weighted by Gasteiger charge is 1.94. The van der Waals surface area contributed by atoms with Crippen molar-refractivity contribution in [3.8, 4) is 0 Å². The molecule has 0 radical (unpaired) electrons. The van der Waals surface area contributed by atoms with Gasteiger partial charge in [-0.1, -0.05) is 6.58 Å². The molecule has 7 heteroatoms. The van der Waals surface area contributed by atoms with E-state index in [1.54, 1.807) is 0 Å². The zero-order valence-corrected chi connectivity index (χ0v) is 12.7. The SMILES string of the molecule is C=COCCOCCOCCOCCOCCOC(C)=O. The molecule has 0 aromatic rings. The van der Waals surface area contributed by atoms with E-state index in [4.69, 9.17) is 28.4 Å². The van der Waals surface area contributed by atoms with Crippen molar-refractivity contribution in [1.82, 2.24) is 0 Å². The van der Waals surface area contributed by atoms with Gasteiger partial charge in [0.1, 0.15) is 13.2 Å². The van der Waals surface area contributed by atoms with Crippen LogP contribution in [0.3, 0.4) is 0 Å². The van der Waals surface area contributed by atoms with Crippen molar-refractivity contribution in [2.24, 2.45) is 0 Å². The Bertz CT molecular complexity index is 245. The van der Waals surface area contributed by atoms with Crippen LogP contribution in [0, 0.1) is 0 Å². The second-order valence-corrected chi connectivity index (χ2v) is 3.83. The quantitative estimate of drug-likeness (QED) is 0.237. The van der Waals surface area contributed by atoms with Gasteiger partial charge in [-0.2, -0.15) is 0 Å². The fourth-order valence-electron chi connectivity index (χ4n) is 1.20. The molecule has 0 saturated heterocycles. The molecule has 0 N–H and O–H groups in total. The van der Waals surface area contributed by atoms with Crippen molar-refractivity contribution in [3.05, 3.63) is 12.8 Å². The molecule has 0 bridgehead atoms. The minimum absolute atomic E-state index is 0.274. The van der Waals surface area contributed by atoms with Gasteiger partial charge in [0.2, 0.25) is 0 Å². The Morgan fingerprint density at radius 1 is 0.762 bits per heavy atom. The molecule has 124 valence electrons. The van der Waals surface area contributed by atoms with Crippen LogP contribution in [0.5, 0.6) is 0 Å². The molecule has 0 spiro atoms. The Hall–Kier alpha value is -1.15. The van der Waals surface area contributed by atoms with Gasteiger partial charge in [0.05, 0.1) is 59.1 Å². The normalized spacial score (nSPS) is 10.3. The summed E-state index contributed by atoms with van der Waals surface area (Å²) in [5, 5.41) is 0. The largest absolute Gasteiger partial charge is 0.499 e. The molecule has 0 aliphatic rings. The fraction of sp³-hybridized carbons (Fsp3) is 0.786. The third-order valence-electron chi connectivity index (χ3n) is 2.11. The Kier molecular flexibility index (Phi) is 16.0. The summed E-state index contributed by atoms with van der Waals surface area (Å²) in [4.78, 5) is 10.5. The summed E-state index contributed by atoms with van der Waals surface area (Å²) in [5.41, 5.74) is 0. The van der Waals surface area contributed by atoms with Gasteiger partial charge in [-0.3, -0.25) is 4.79 Å². The van der Waals surface area contributed by atoms with Crippen LogP contribution in [0.15, 0.2) is 12.8 Å². The van der Waals surface area contributed by atoms with E-state index in [9.17, 15) is 4.79 Å². The first-order valence-corrected chi connectivity index (χ1v) is 6.94. The molecule has 0 aromatic carbocycles. The molecule has 0 rings (SSSR count). The van der Waals surface area contributed by atoms with E-state index in [2.05, 4.69) is 6.58 Å². The molecule has 0 atom stereocenters. The molecule has 7 nitrogen and oxygen atoms in total. The molecule has 0 aromatic heterocycles. The van der Waals surface area contributed by atoms with E-state index in [0.717, 1.165) is 0 Å². The summed E-state index contributed by atoms with van der Waals surface area (Å²) < 4.78 is 30.6. The fourth-order valence-corrected chi connectivity index (χ4v) is 1.20. The van der Waals surface area contributed by atoms with Gasteiger partial charge < -0.3 is 28.4 Å². The Morgan fingerprint density at radius 2 is 1.14 bits per heavy atom. The number of rotatable bonds is 16. The first-order chi connectivity index (χ1) is 10.3. The minimum Gasteiger partial charge on any atom is -0.499 e. The lowest BCUT2D eigenvalue weighted by Gasteiger charge is -2.07. The van der Waals surface area contributed by atoms with Crippen molar-refractivity contribution >= 4 is 5.97 Å². The van der Waals surface area contributed by atoms with Crippen molar-refractivity contribution < 1.29 is 33.2 Å². The lowest BCUT2D eigenvalue weighted by Crippen LogP contribution is -2.14. The van der Waals surface area contributed by atoms with E-state index in [0.29, 0.717) is 59.5 Å². The average molecular weight is 306 g/mol. The first-order valence-electron chi connectivity index (χ1n) is 6.94. The summed E-state index contributed by atoms with van der Waals surface area (Å²) in [6, 6.07) is 0. The number of carbonyl (C=O) groups excluding carboxylic acids is 1. The predicted molar refractivity (Wildman–Crippen MR) is 76.1 cm³/mol. The third-order valence-corrected chi connectivity index (χ3v) is 2.11. The molecule has 0 saturated carbocycles. The molecule has 0 aliphatic heterocycles. The van der Waals surface area contributed by atoms with Crippen LogP contribution in [-0.4, -0.2) is 72.0 Å². The van der Waals surface area contributed by atoms with E-state index < -0.39 is 0 Å². The van der Waals surface area contributed by atoms with E-state index in [1.165, 1.54) is 13.2 Å². The molecule has 21 heavy (non-hydrogen) atoms. The highest BCUT2D eigenvalue weighted by Crippen LogP contribution is 1.84. The van der Waals surface area contributed by atoms with E-state index in [-0.39, 0.29) is 12.6 Å². The van der Waals surface area contributed by atoms with Crippen LogP contribution in [0.25, 0.3) is 0 Å². The third kappa shape index (κ3) is 18.9. The first kappa shape index (κ1) is 19.9. The molecular weight excluding hydrogens is 280 g/mol. The Balaban J connectivity index is 2.96. The lowest BCUT2D eigenvalue weighted by atomic mass is 10.7. The maximum Gasteiger partial charge on any atom is 0.302 e. The Labute approximate surface area is 126 Å². The highest BCUT2D eigenvalue weighted by atomic mass is 16.6. The van der Waals surface area contributed by atoms with Gasteiger partial charge in [0.15, 0.2) is 0 Å². The molecule has 0 aliphatic carbocycles. The number of hydrogen-bond acceptors (Lipinski definition) is 7. The number of ether oxygens (including phenoxy) is 6. The van der Waals surface area contributed by atoms with Crippen molar-refractivity contribution in [1.29, 1.82) is 0 Å². The zero-order valence-electron chi connectivity index (χ0n) is 12.7. The van der Waals surface area contributed by atoms with E-state index in [1.807, 2.05) is 0 Å². The topological polar surface area (TPSA) is 72.5 Å². The summed E-state index contributed by atoms with van der Waals surface area (Å²) in [6.07, 6.45) is 1.39. The second-order valence-electron chi connectivity index (χ2n) is 3.83. The van der Waals surface area contributed by atoms with Crippen molar-refractivity contribution in [2.75, 3.05) is 66.1 Å². The maximum absolute atomic E-state index is 10.5. The monoisotopic (exact) mass is 306 g/mol. The summed E-state index contributed by atoms with van der Waals surface area (Å²) in [5.74, 6) is -0.302. The predicted octanol–water partition coefficient (Wildman–Crippen LogP) is 0.776. The van der Waals surface area contributed by atoms with Gasteiger partial charge >= 0.3 is 5.97 Å². The summed E-state index contributed by atoms with van der Waals surface area (Å²) in [6.45, 7) is 9.50. The lowest BCUT2D eigenvalue weighted by molar-refractivity contribution is -0.142. The molecule has 0 unspecified atom stereocenters. The van der Waals surface area contributed by atoms with E-state index >= 15 is 0 Å². The molecular formula is C14H26O7. The summed E-state index contributed by atoms with van der Waals surface area (Å²) >= 11 is 0. The molecule has 0 amide bonds. The van der Waals surface area contributed by atoms with Gasteiger partial charge in [-0.25, -0.2) is 0 Å². The van der Waals surface area contributed by atoms with Gasteiger partial charge in [-0.05, 0) is 0 Å². The van der Waals surface area contributed by atoms with Crippen LogP contribution in [0.2, 0.25) is 0 Å². The van der Waals surface area contributed by atoms with Gasteiger partial charge in [0, 0.05) is 6.92 Å². The maximum atomic E-state index is 10.5. The average Bonchev–Trinajstić information content (AvgIpc) is 2.46. The van der Waals surface area contributed by atoms with Crippen LogP contribution >= 0.6 is 0 Å². The van der Waals surface area contributed by atoms with Gasteiger partial charge in [-0.15, -0.1) is 0 Å². The standard InChI is InChI=1S/C14H26O7/c1-3-16-4-5-17-6-7-18-8-9-19-10-11-20-12-13-21-14(2)15/h3H,1,4-13H2,2H3.